The first-order valence-corrected chi connectivity index (χ1v) is 9.66. The summed E-state index contributed by atoms with van der Waals surface area (Å²) in [7, 11) is 5.70. The third kappa shape index (κ3) is 2.99. The van der Waals surface area contributed by atoms with E-state index in [0.29, 0.717) is 35.9 Å². The van der Waals surface area contributed by atoms with Gasteiger partial charge in [-0.1, -0.05) is 5.21 Å². The Bertz CT molecular complexity index is 1270. The van der Waals surface area contributed by atoms with Crippen LogP contribution in [0, 0.1) is 0 Å². The van der Waals surface area contributed by atoms with E-state index in [0.717, 1.165) is 28.8 Å². The summed E-state index contributed by atoms with van der Waals surface area (Å²) in [6, 6.07) is 6.00. The third-order valence-electron chi connectivity index (χ3n) is 5.24. The minimum atomic E-state index is -0.197. The third-order valence-corrected chi connectivity index (χ3v) is 5.24. The van der Waals surface area contributed by atoms with Crippen LogP contribution in [0.15, 0.2) is 24.4 Å². The number of nitrogens with zero attached hydrogens (tertiary/aromatic N) is 7. The molecule has 11 heteroatoms. The maximum absolute atomic E-state index is 12.7. The number of anilines is 3. The van der Waals surface area contributed by atoms with Crippen molar-refractivity contribution in [2.75, 3.05) is 37.8 Å². The number of benzene rings is 1. The molecule has 4 heterocycles. The number of aryl methyl sites for hydroxylation is 1. The van der Waals surface area contributed by atoms with E-state index in [-0.39, 0.29) is 5.91 Å². The highest BCUT2D eigenvalue weighted by atomic mass is 16.1. The van der Waals surface area contributed by atoms with E-state index in [4.69, 9.17) is 0 Å². The van der Waals surface area contributed by atoms with Crippen molar-refractivity contribution in [3.05, 3.63) is 35.5 Å². The molecule has 0 saturated carbocycles. The number of carbonyl (C=O) groups excluding carboxylic acids is 1. The molecule has 5 rings (SSSR count). The first-order chi connectivity index (χ1) is 14.5. The molecule has 3 N–H and O–H groups in total. The predicted molar refractivity (Wildman–Crippen MR) is 113 cm³/mol. The molecule has 0 unspecified atom stereocenters. The molecule has 0 radical (unpaired) electrons. The van der Waals surface area contributed by atoms with Gasteiger partial charge in [-0.2, -0.15) is 9.61 Å². The van der Waals surface area contributed by atoms with Gasteiger partial charge in [-0.05, 0) is 24.7 Å². The molecular weight excluding hydrogens is 384 g/mol. The molecule has 1 aliphatic rings. The fourth-order valence-corrected chi connectivity index (χ4v) is 3.73. The highest BCUT2D eigenvalue weighted by Crippen LogP contribution is 2.28. The van der Waals surface area contributed by atoms with Crippen LogP contribution in [0.1, 0.15) is 15.9 Å². The first-order valence-electron chi connectivity index (χ1n) is 9.66. The summed E-state index contributed by atoms with van der Waals surface area (Å²) in [6.45, 7) is 1.95. The molecular formula is C19H22N10O. The van der Waals surface area contributed by atoms with Gasteiger partial charge in [0.2, 0.25) is 0 Å². The molecule has 0 aliphatic carbocycles. The lowest BCUT2D eigenvalue weighted by atomic mass is 10.1. The topological polar surface area (TPSA) is 117 Å². The minimum Gasteiger partial charge on any atom is -0.373 e. The van der Waals surface area contributed by atoms with Gasteiger partial charge in [0.25, 0.3) is 5.91 Å². The van der Waals surface area contributed by atoms with E-state index in [1.807, 2.05) is 20.2 Å². The molecule has 3 aromatic heterocycles. The summed E-state index contributed by atoms with van der Waals surface area (Å²) in [5.74, 6) is 1.09. The zero-order valence-electron chi connectivity index (χ0n) is 17.0. The van der Waals surface area contributed by atoms with Crippen LogP contribution in [0.25, 0.3) is 16.7 Å². The van der Waals surface area contributed by atoms with Crippen LogP contribution < -0.4 is 16.0 Å². The molecule has 4 bridgehead atoms. The Kier molecular flexibility index (Phi) is 4.24. The highest BCUT2D eigenvalue weighted by Gasteiger charge is 2.19. The van der Waals surface area contributed by atoms with Crippen LogP contribution >= 0.6 is 0 Å². The van der Waals surface area contributed by atoms with Gasteiger partial charge in [-0.15, -0.1) is 5.10 Å². The predicted octanol–water partition coefficient (Wildman–Crippen LogP) is 0.971. The van der Waals surface area contributed by atoms with Crippen molar-refractivity contribution in [3.63, 3.8) is 0 Å². The summed E-state index contributed by atoms with van der Waals surface area (Å²) < 4.78 is 3.38. The van der Waals surface area contributed by atoms with Crippen molar-refractivity contribution in [1.82, 2.24) is 39.8 Å². The van der Waals surface area contributed by atoms with Crippen molar-refractivity contribution in [2.24, 2.45) is 7.05 Å². The standard InChI is InChI=1S/C19H22N10O/c1-20-16-8-15-23-13-6-11(7-14-17(13)25-26-28(14)3)10-27(2)5-4-21-19(30)12-9-22-29(16)18(12)24-15/h6-9,20H,4-5,10H2,1-3H3,(H,21,30)(H,23,24). The number of rotatable bonds is 1. The lowest BCUT2D eigenvalue weighted by Crippen LogP contribution is -2.32. The molecule has 154 valence electrons. The van der Waals surface area contributed by atoms with Gasteiger partial charge < -0.3 is 20.9 Å². The van der Waals surface area contributed by atoms with Crippen molar-refractivity contribution in [1.29, 1.82) is 0 Å². The molecule has 0 saturated heterocycles. The van der Waals surface area contributed by atoms with E-state index >= 15 is 0 Å². The Morgan fingerprint density at radius 2 is 2.07 bits per heavy atom. The number of hydrogen-bond donors (Lipinski definition) is 3. The second kappa shape index (κ2) is 6.95. The van der Waals surface area contributed by atoms with Gasteiger partial charge in [0.1, 0.15) is 22.7 Å². The van der Waals surface area contributed by atoms with E-state index in [1.54, 1.807) is 22.4 Å². The number of fused-ring (bicyclic) bond motifs is 5. The lowest BCUT2D eigenvalue weighted by Gasteiger charge is -2.19. The number of amides is 1. The lowest BCUT2D eigenvalue weighted by molar-refractivity contribution is 0.0951. The molecule has 0 fully saturated rings. The molecule has 11 nitrogen and oxygen atoms in total. The molecule has 1 aromatic carbocycles. The number of hydrogen-bond acceptors (Lipinski definition) is 8. The monoisotopic (exact) mass is 406 g/mol. The maximum Gasteiger partial charge on any atom is 0.256 e. The second-order valence-corrected chi connectivity index (χ2v) is 7.41. The van der Waals surface area contributed by atoms with Gasteiger partial charge in [-0.3, -0.25) is 4.79 Å². The van der Waals surface area contributed by atoms with Gasteiger partial charge in [0.15, 0.2) is 5.65 Å². The number of carbonyl (C=O) groups is 1. The quantitative estimate of drug-likeness (QED) is 0.428. The Morgan fingerprint density at radius 1 is 1.20 bits per heavy atom. The molecule has 1 aliphatic heterocycles. The van der Waals surface area contributed by atoms with Crippen molar-refractivity contribution < 1.29 is 4.79 Å². The summed E-state index contributed by atoms with van der Waals surface area (Å²) in [5.41, 5.74) is 4.51. The van der Waals surface area contributed by atoms with Crippen LogP contribution in [-0.2, 0) is 13.6 Å². The molecule has 0 atom stereocenters. The number of aromatic nitrogens is 6. The first kappa shape index (κ1) is 18.3. The van der Waals surface area contributed by atoms with Gasteiger partial charge in [-0.25, -0.2) is 9.67 Å². The Balaban J connectivity index is 1.72. The van der Waals surface area contributed by atoms with Crippen LogP contribution in [0.5, 0.6) is 0 Å². The van der Waals surface area contributed by atoms with E-state index in [1.165, 1.54) is 0 Å². The average Bonchev–Trinajstić information content (AvgIpc) is 3.31. The Morgan fingerprint density at radius 3 is 2.90 bits per heavy atom. The zero-order chi connectivity index (χ0) is 20.8. The highest BCUT2D eigenvalue weighted by molar-refractivity contribution is 6.00. The van der Waals surface area contributed by atoms with Crippen LogP contribution in [0.3, 0.4) is 0 Å². The van der Waals surface area contributed by atoms with E-state index in [2.05, 4.69) is 53.4 Å². The fraction of sp³-hybridized carbons (Fsp3) is 0.316. The number of likely N-dealkylation sites (N-methyl/N-ethyl adjacent to an activating group) is 1. The second-order valence-electron chi connectivity index (χ2n) is 7.41. The van der Waals surface area contributed by atoms with Gasteiger partial charge in [0, 0.05) is 39.8 Å². The largest absolute Gasteiger partial charge is 0.373 e. The van der Waals surface area contributed by atoms with E-state index in [9.17, 15) is 4.79 Å². The fourth-order valence-electron chi connectivity index (χ4n) is 3.73. The normalized spacial score (nSPS) is 15.2. The average molecular weight is 406 g/mol. The summed E-state index contributed by atoms with van der Waals surface area (Å²) in [5, 5.41) is 22.3. The summed E-state index contributed by atoms with van der Waals surface area (Å²) >= 11 is 0. The van der Waals surface area contributed by atoms with E-state index < -0.39 is 0 Å². The molecule has 30 heavy (non-hydrogen) atoms. The smallest absolute Gasteiger partial charge is 0.256 e. The van der Waals surface area contributed by atoms with Gasteiger partial charge in [0.05, 0.1) is 17.4 Å². The zero-order valence-corrected chi connectivity index (χ0v) is 17.0. The van der Waals surface area contributed by atoms with Crippen molar-refractivity contribution in [3.8, 4) is 0 Å². The van der Waals surface area contributed by atoms with Crippen molar-refractivity contribution >= 4 is 39.9 Å². The minimum absolute atomic E-state index is 0.197. The number of nitrogens with one attached hydrogen (secondary N) is 3. The van der Waals surface area contributed by atoms with Crippen LogP contribution in [-0.4, -0.2) is 67.6 Å². The summed E-state index contributed by atoms with van der Waals surface area (Å²) in [6.07, 6.45) is 1.54. The Hall–Kier alpha value is -3.73. The maximum atomic E-state index is 12.7. The van der Waals surface area contributed by atoms with Gasteiger partial charge >= 0.3 is 0 Å². The van der Waals surface area contributed by atoms with Crippen LogP contribution in [0.4, 0.5) is 17.3 Å². The SMILES string of the molecule is CNc1cc2nc3c(cnn13)C(=O)NCCN(C)Cc1cc(c3nnn(C)c3c1)N2. The Labute approximate surface area is 172 Å². The summed E-state index contributed by atoms with van der Waals surface area (Å²) in [4.78, 5) is 19.6. The van der Waals surface area contributed by atoms with Crippen LogP contribution in [0.2, 0.25) is 0 Å². The van der Waals surface area contributed by atoms with Crippen molar-refractivity contribution in [2.45, 2.75) is 6.54 Å². The molecule has 0 spiro atoms. The molecule has 4 aromatic rings. The molecule has 1 amide bonds.